The van der Waals surface area contributed by atoms with Crippen LogP contribution in [0.25, 0.3) is 10.8 Å². The number of pyridine rings is 1. The van der Waals surface area contributed by atoms with Gasteiger partial charge >= 0.3 is 0 Å². The van der Waals surface area contributed by atoms with Crippen molar-refractivity contribution in [2.24, 2.45) is 0 Å². The lowest BCUT2D eigenvalue weighted by molar-refractivity contribution is 0.481. The number of phenolic OH excluding ortho intramolecular Hbond substituents is 1. The molecule has 3 rings (SSSR count). The van der Waals surface area contributed by atoms with Crippen molar-refractivity contribution in [3.05, 3.63) is 60.8 Å². The Morgan fingerprint density at radius 2 is 1.89 bits per heavy atom. The van der Waals surface area contributed by atoms with E-state index in [0.29, 0.717) is 5.75 Å². The number of anilines is 2. The highest BCUT2D eigenvalue weighted by Crippen LogP contribution is 2.27. The summed E-state index contributed by atoms with van der Waals surface area (Å²) in [5.74, 6) is 1.11. The van der Waals surface area contributed by atoms with Crippen LogP contribution in [-0.2, 0) is 0 Å². The number of hydrogen-bond donors (Lipinski definition) is 2. The van der Waals surface area contributed by atoms with Gasteiger partial charge in [0.25, 0.3) is 0 Å². The van der Waals surface area contributed by atoms with Gasteiger partial charge in [-0.3, -0.25) is 0 Å². The van der Waals surface area contributed by atoms with Gasteiger partial charge in [-0.05, 0) is 41.8 Å². The second-order valence-electron chi connectivity index (χ2n) is 4.05. The first-order chi connectivity index (χ1) is 8.83. The van der Waals surface area contributed by atoms with Crippen molar-refractivity contribution < 1.29 is 5.11 Å². The number of aromatic nitrogens is 1. The number of nitrogens with one attached hydrogen (secondary N) is 1. The van der Waals surface area contributed by atoms with Crippen molar-refractivity contribution >= 4 is 22.3 Å². The molecule has 3 aromatic rings. The first-order valence-corrected chi connectivity index (χ1v) is 5.73. The van der Waals surface area contributed by atoms with Gasteiger partial charge in [-0.2, -0.15) is 0 Å². The van der Waals surface area contributed by atoms with Gasteiger partial charge in [0.1, 0.15) is 11.6 Å². The third-order valence-corrected chi connectivity index (χ3v) is 2.79. The zero-order valence-corrected chi connectivity index (χ0v) is 9.67. The zero-order valence-electron chi connectivity index (χ0n) is 9.67. The monoisotopic (exact) mass is 236 g/mol. The van der Waals surface area contributed by atoms with E-state index in [9.17, 15) is 5.11 Å². The standard InChI is InChI=1S/C15H12N2O/c18-14-5-3-4-11-10-12(7-8-13(11)14)17-15-6-1-2-9-16-15/h1-10,18H,(H,16,17). The minimum Gasteiger partial charge on any atom is -0.507 e. The maximum atomic E-state index is 9.72. The van der Waals surface area contributed by atoms with Gasteiger partial charge in [0.05, 0.1) is 0 Å². The van der Waals surface area contributed by atoms with E-state index in [1.54, 1.807) is 12.3 Å². The third-order valence-electron chi connectivity index (χ3n) is 2.79. The quantitative estimate of drug-likeness (QED) is 0.713. The molecule has 3 heteroatoms. The fraction of sp³-hybridized carbons (Fsp3) is 0. The Bertz CT molecular complexity index is 680. The summed E-state index contributed by atoms with van der Waals surface area (Å²) in [5, 5.41) is 14.8. The highest BCUT2D eigenvalue weighted by molar-refractivity contribution is 5.90. The normalized spacial score (nSPS) is 10.4. The number of rotatable bonds is 2. The Balaban J connectivity index is 1.99. The second-order valence-corrected chi connectivity index (χ2v) is 4.05. The van der Waals surface area contributed by atoms with Gasteiger partial charge in [-0.1, -0.05) is 18.2 Å². The van der Waals surface area contributed by atoms with E-state index < -0.39 is 0 Å². The van der Waals surface area contributed by atoms with Crippen LogP contribution in [0.15, 0.2) is 60.8 Å². The number of aromatic hydroxyl groups is 1. The molecule has 0 saturated heterocycles. The van der Waals surface area contributed by atoms with E-state index in [1.807, 2.05) is 48.5 Å². The molecule has 0 spiro atoms. The van der Waals surface area contributed by atoms with Gasteiger partial charge < -0.3 is 10.4 Å². The number of fused-ring (bicyclic) bond motifs is 1. The fourth-order valence-electron chi connectivity index (χ4n) is 1.93. The fourth-order valence-corrected chi connectivity index (χ4v) is 1.93. The van der Waals surface area contributed by atoms with Crippen molar-refractivity contribution in [2.45, 2.75) is 0 Å². The minimum absolute atomic E-state index is 0.303. The molecule has 0 amide bonds. The Labute approximate surface area is 105 Å². The molecule has 0 saturated carbocycles. The smallest absolute Gasteiger partial charge is 0.130 e. The molecule has 0 aliphatic rings. The minimum atomic E-state index is 0.303. The van der Waals surface area contributed by atoms with Crippen LogP contribution in [0.5, 0.6) is 5.75 Å². The molecular formula is C15H12N2O. The predicted octanol–water partition coefficient (Wildman–Crippen LogP) is 3.68. The van der Waals surface area contributed by atoms with E-state index >= 15 is 0 Å². The third kappa shape index (κ3) is 1.98. The number of phenols is 1. The van der Waals surface area contributed by atoms with Gasteiger partial charge in [0.15, 0.2) is 0 Å². The van der Waals surface area contributed by atoms with Crippen LogP contribution in [0.4, 0.5) is 11.5 Å². The zero-order chi connectivity index (χ0) is 12.4. The molecule has 0 fully saturated rings. The largest absolute Gasteiger partial charge is 0.507 e. The lowest BCUT2D eigenvalue weighted by atomic mass is 10.1. The van der Waals surface area contributed by atoms with Crippen molar-refractivity contribution in [1.82, 2.24) is 4.98 Å². The van der Waals surface area contributed by atoms with E-state index in [0.717, 1.165) is 22.3 Å². The Morgan fingerprint density at radius 1 is 0.944 bits per heavy atom. The summed E-state index contributed by atoms with van der Waals surface area (Å²) in [7, 11) is 0. The SMILES string of the molecule is Oc1cccc2cc(Nc3ccccn3)ccc12. The maximum Gasteiger partial charge on any atom is 0.130 e. The molecule has 0 atom stereocenters. The number of benzene rings is 2. The van der Waals surface area contributed by atoms with Crippen LogP contribution in [0.2, 0.25) is 0 Å². The van der Waals surface area contributed by atoms with E-state index in [-0.39, 0.29) is 0 Å². The summed E-state index contributed by atoms with van der Waals surface area (Å²) in [4.78, 5) is 4.21. The molecule has 0 unspecified atom stereocenters. The average Bonchev–Trinajstić information content (AvgIpc) is 2.40. The summed E-state index contributed by atoms with van der Waals surface area (Å²) in [6.45, 7) is 0. The highest BCUT2D eigenvalue weighted by Gasteiger charge is 2.01. The van der Waals surface area contributed by atoms with E-state index in [2.05, 4.69) is 10.3 Å². The molecule has 2 N–H and O–H groups in total. The lowest BCUT2D eigenvalue weighted by Crippen LogP contribution is -1.92. The molecule has 0 aliphatic heterocycles. The first-order valence-electron chi connectivity index (χ1n) is 5.73. The molecule has 0 radical (unpaired) electrons. The molecule has 0 aliphatic carbocycles. The molecule has 88 valence electrons. The Hall–Kier alpha value is -2.55. The van der Waals surface area contributed by atoms with Crippen molar-refractivity contribution in [2.75, 3.05) is 5.32 Å². The van der Waals surface area contributed by atoms with Crippen LogP contribution >= 0.6 is 0 Å². The molecule has 0 bridgehead atoms. The van der Waals surface area contributed by atoms with Crippen molar-refractivity contribution in [3.8, 4) is 5.75 Å². The molecule has 18 heavy (non-hydrogen) atoms. The van der Waals surface area contributed by atoms with Crippen molar-refractivity contribution in [3.63, 3.8) is 0 Å². The van der Waals surface area contributed by atoms with Crippen LogP contribution in [0.1, 0.15) is 0 Å². The number of nitrogens with zero attached hydrogens (tertiary/aromatic N) is 1. The van der Waals surface area contributed by atoms with Crippen LogP contribution in [0.3, 0.4) is 0 Å². The van der Waals surface area contributed by atoms with Crippen LogP contribution in [-0.4, -0.2) is 10.1 Å². The lowest BCUT2D eigenvalue weighted by Gasteiger charge is -2.07. The molecule has 1 heterocycles. The molecular weight excluding hydrogens is 224 g/mol. The molecule has 1 aromatic heterocycles. The topological polar surface area (TPSA) is 45.1 Å². The first kappa shape index (κ1) is 10.6. The van der Waals surface area contributed by atoms with E-state index in [4.69, 9.17) is 0 Å². The van der Waals surface area contributed by atoms with Gasteiger partial charge in [0, 0.05) is 17.3 Å². The average molecular weight is 236 g/mol. The Kier molecular flexibility index (Phi) is 2.57. The van der Waals surface area contributed by atoms with E-state index in [1.165, 1.54) is 0 Å². The molecule has 2 aromatic carbocycles. The van der Waals surface area contributed by atoms with Gasteiger partial charge in [-0.25, -0.2) is 4.98 Å². The molecule has 3 nitrogen and oxygen atoms in total. The summed E-state index contributed by atoms with van der Waals surface area (Å²) in [6, 6.07) is 17.0. The van der Waals surface area contributed by atoms with Gasteiger partial charge in [0.2, 0.25) is 0 Å². The van der Waals surface area contributed by atoms with Crippen LogP contribution < -0.4 is 5.32 Å². The predicted molar refractivity (Wildman–Crippen MR) is 73.1 cm³/mol. The van der Waals surface area contributed by atoms with Gasteiger partial charge in [-0.15, -0.1) is 0 Å². The summed E-state index contributed by atoms with van der Waals surface area (Å²) >= 11 is 0. The maximum absolute atomic E-state index is 9.72. The summed E-state index contributed by atoms with van der Waals surface area (Å²) < 4.78 is 0. The van der Waals surface area contributed by atoms with Crippen LogP contribution in [0, 0.1) is 0 Å². The summed E-state index contributed by atoms with van der Waals surface area (Å²) in [5.41, 5.74) is 0.951. The summed E-state index contributed by atoms with van der Waals surface area (Å²) in [6.07, 6.45) is 1.75. The number of hydrogen-bond acceptors (Lipinski definition) is 3. The highest BCUT2D eigenvalue weighted by atomic mass is 16.3. The Morgan fingerprint density at radius 3 is 2.72 bits per heavy atom. The second kappa shape index (κ2) is 4.37. The van der Waals surface area contributed by atoms with Crippen molar-refractivity contribution in [1.29, 1.82) is 0 Å².